The summed E-state index contributed by atoms with van der Waals surface area (Å²) in [5.41, 5.74) is 0.318. The maximum absolute atomic E-state index is 13.0. The summed E-state index contributed by atoms with van der Waals surface area (Å²) in [5.74, 6) is -1.88. The van der Waals surface area contributed by atoms with E-state index in [4.69, 9.17) is 5.11 Å². The molecule has 2 rings (SSSR count). The summed E-state index contributed by atoms with van der Waals surface area (Å²) < 4.78 is 13.6. The van der Waals surface area contributed by atoms with Crippen LogP contribution >= 0.6 is 15.9 Å². The number of urea groups is 1. The first kappa shape index (κ1) is 12.8. The first-order chi connectivity index (χ1) is 8.47. The molecular weight excluding hydrogens is 307 g/mol. The molecule has 0 radical (unpaired) electrons. The molecule has 1 fully saturated rings. The number of hydrogen-bond donors (Lipinski definition) is 2. The number of anilines is 1. The van der Waals surface area contributed by atoms with Crippen molar-refractivity contribution in [3.63, 3.8) is 0 Å². The van der Waals surface area contributed by atoms with E-state index >= 15 is 0 Å². The number of aliphatic carboxylic acids is 1. The maximum Gasteiger partial charge on any atom is 0.321 e. The summed E-state index contributed by atoms with van der Waals surface area (Å²) in [6.07, 6.45) is 0. The van der Waals surface area contributed by atoms with Gasteiger partial charge in [0.05, 0.1) is 11.6 Å². The third kappa shape index (κ3) is 2.61. The molecule has 0 spiro atoms. The van der Waals surface area contributed by atoms with Gasteiger partial charge in [-0.1, -0.05) is 0 Å². The summed E-state index contributed by atoms with van der Waals surface area (Å²) >= 11 is 3.19. The number of halogens is 2. The number of likely N-dealkylation sites (tertiary alicyclic amines) is 1. The fourth-order valence-corrected chi connectivity index (χ4v) is 1.93. The van der Waals surface area contributed by atoms with E-state index in [1.807, 2.05) is 0 Å². The van der Waals surface area contributed by atoms with Crippen molar-refractivity contribution < 1.29 is 19.1 Å². The molecule has 96 valence electrons. The zero-order valence-electron chi connectivity index (χ0n) is 9.19. The van der Waals surface area contributed by atoms with Crippen LogP contribution < -0.4 is 5.32 Å². The van der Waals surface area contributed by atoms with Gasteiger partial charge in [-0.05, 0) is 34.1 Å². The van der Waals surface area contributed by atoms with Gasteiger partial charge in [-0.25, -0.2) is 9.18 Å². The number of hydrogen-bond acceptors (Lipinski definition) is 2. The Morgan fingerprint density at radius 2 is 2.11 bits per heavy atom. The third-order valence-electron chi connectivity index (χ3n) is 2.69. The van der Waals surface area contributed by atoms with Gasteiger partial charge >= 0.3 is 12.0 Å². The number of amides is 2. The van der Waals surface area contributed by atoms with Gasteiger partial charge in [0.2, 0.25) is 0 Å². The van der Waals surface area contributed by atoms with Crippen LogP contribution in [0.25, 0.3) is 0 Å². The molecule has 0 unspecified atom stereocenters. The lowest BCUT2D eigenvalue weighted by Gasteiger charge is -2.36. The van der Waals surface area contributed by atoms with Crippen LogP contribution in [0, 0.1) is 11.7 Å². The second kappa shape index (κ2) is 4.93. The normalized spacial score (nSPS) is 15.1. The molecular formula is C11H10BrFN2O3. The van der Waals surface area contributed by atoms with E-state index in [0.29, 0.717) is 10.2 Å². The molecule has 18 heavy (non-hydrogen) atoms. The Bertz CT molecular complexity index is 503. The third-order valence-corrected chi connectivity index (χ3v) is 3.38. The van der Waals surface area contributed by atoms with Gasteiger partial charge in [0.15, 0.2) is 0 Å². The summed E-state index contributed by atoms with van der Waals surface area (Å²) in [7, 11) is 0. The quantitative estimate of drug-likeness (QED) is 0.878. The fraction of sp³-hybridized carbons (Fsp3) is 0.273. The molecule has 5 nitrogen and oxygen atoms in total. The maximum atomic E-state index is 13.0. The van der Waals surface area contributed by atoms with E-state index in [0.717, 1.165) is 0 Å². The SMILES string of the molecule is O=C(O)C1CN(C(=O)Nc2cc(F)ccc2Br)C1. The van der Waals surface area contributed by atoms with Crippen molar-refractivity contribution >= 4 is 33.6 Å². The summed E-state index contributed by atoms with van der Waals surface area (Å²) in [5, 5.41) is 11.2. The van der Waals surface area contributed by atoms with Crippen molar-refractivity contribution in [1.82, 2.24) is 4.90 Å². The van der Waals surface area contributed by atoms with Crippen molar-refractivity contribution in [2.24, 2.45) is 5.92 Å². The van der Waals surface area contributed by atoms with Gasteiger partial charge in [0.25, 0.3) is 0 Å². The Hall–Kier alpha value is -1.63. The Balaban J connectivity index is 1.96. The zero-order chi connectivity index (χ0) is 13.3. The highest BCUT2D eigenvalue weighted by Crippen LogP contribution is 2.24. The molecule has 1 aliphatic heterocycles. The second-order valence-corrected chi connectivity index (χ2v) is 4.85. The lowest BCUT2D eigenvalue weighted by molar-refractivity contribution is -0.145. The molecule has 2 N–H and O–H groups in total. The first-order valence-corrected chi connectivity index (χ1v) is 6.00. The molecule has 1 saturated heterocycles. The highest BCUT2D eigenvalue weighted by Gasteiger charge is 2.35. The van der Waals surface area contributed by atoms with E-state index < -0.39 is 23.7 Å². The number of nitrogens with zero attached hydrogens (tertiary/aromatic N) is 1. The van der Waals surface area contributed by atoms with Gasteiger partial charge in [-0.3, -0.25) is 4.79 Å². The lowest BCUT2D eigenvalue weighted by atomic mass is 10.0. The van der Waals surface area contributed by atoms with Crippen LogP contribution in [0.3, 0.4) is 0 Å². The molecule has 7 heteroatoms. The highest BCUT2D eigenvalue weighted by molar-refractivity contribution is 9.10. The second-order valence-electron chi connectivity index (χ2n) is 3.99. The Morgan fingerprint density at radius 3 is 2.72 bits per heavy atom. The Labute approximate surface area is 111 Å². The van der Waals surface area contributed by atoms with E-state index in [9.17, 15) is 14.0 Å². The van der Waals surface area contributed by atoms with E-state index in [1.165, 1.54) is 23.1 Å². The largest absolute Gasteiger partial charge is 0.481 e. The van der Waals surface area contributed by atoms with Gasteiger partial charge in [0.1, 0.15) is 5.82 Å². The molecule has 1 aromatic carbocycles. The zero-order valence-corrected chi connectivity index (χ0v) is 10.8. The van der Waals surface area contributed by atoms with Crippen LogP contribution in [0.5, 0.6) is 0 Å². The number of carbonyl (C=O) groups excluding carboxylic acids is 1. The standard InChI is InChI=1S/C11H10BrFN2O3/c12-8-2-1-7(13)3-9(8)14-11(18)15-4-6(5-15)10(16)17/h1-3,6H,4-5H2,(H,14,18)(H,16,17). The average Bonchev–Trinajstić information content (AvgIpc) is 2.20. The monoisotopic (exact) mass is 316 g/mol. The van der Waals surface area contributed by atoms with Gasteiger partial charge in [-0.15, -0.1) is 0 Å². The van der Waals surface area contributed by atoms with Gasteiger partial charge in [-0.2, -0.15) is 0 Å². The molecule has 0 aliphatic carbocycles. The van der Waals surface area contributed by atoms with Crippen LogP contribution in [0.15, 0.2) is 22.7 Å². The number of carbonyl (C=O) groups is 2. The van der Waals surface area contributed by atoms with Gasteiger partial charge in [0, 0.05) is 17.6 Å². The fourth-order valence-electron chi connectivity index (χ4n) is 1.59. The van der Waals surface area contributed by atoms with Crippen LogP contribution in [0.4, 0.5) is 14.9 Å². The van der Waals surface area contributed by atoms with Gasteiger partial charge < -0.3 is 15.3 Å². The molecule has 0 atom stereocenters. The van der Waals surface area contributed by atoms with E-state index in [1.54, 1.807) is 0 Å². The minimum Gasteiger partial charge on any atom is -0.481 e. The number of benzene rings is 1. The van der Waals surface area contributed by atoms with Crippen molar-refractivity contribution in [3.05, 3.63) is 28.5 Å². The lowest BCUT2D eigenvalue weighted by Crippen LogP contribution is -2.54. The molecule has 1 heterocycles. The van der Waals surface area contributed by atoms with Crippen LogP contribution in [-0.4, -0.2) is 35.1 Å². The van der Waals surface area contributed by atoms with Crippen LogP contribution in [0.2, 0.25) is 0 Å². The summed E-state index contributed by atoms with van der Waals surface area (Å²) in [4.78, 5) is 23.7. The molecule has 1 aromatic rings. The topological polar surface area (TPSA) is 69.6 Å². The smallest absolute Gasteiger partial charge is 0.321 e. The molecule has 0 saturated carbocycles. The van der Waals surface area contributed by atoms with Crippen molar-refractivity contribution in [2.45, 2.75) is 0 Å². The first-order valence-electron chi connectivity index (χ1n) is 5.21. The van der Waals surface area contributed by atoms with E-state index in [-0.39, 0.29) is 13.1 Å². The Morgan fingerprint density at radius 1 is 1.44 bits per heavy atom. The number of nitrogens with one attached hydrogen (secondary N) is 1. The minimum absolute atomic E-state index is 0.175. The van der Waals surface area contributed by atoms with Crippen molar-refractivity contribution in [2.75, 3.05) is 18.4 Å². The summed E-state index contributed by atoms with van der Waals surface area (Å²) in [6, 6.07) is 3.51. The molecule has 1 aliphatic rings. The molecule has 0 bridgehead atoms. The Kier molecular flexibility index (Phi) is 3.51. The number of carboxylic acids is 1. The van der Waals surface area contributed by atoms with Crippen LogP contribution in [-0.2, 0) is 4.79 Å². The predicted molar refractivity (Wildman–Crippen MR) is 65.8 cm³/mol. The molecule has 0 aromatic heterocycles. The highest BCUT2D eigenvalue weighted by atomic mass is 79.9. The average molecular weight is 317 g/mol. The minimum atomic E-state index is -0.911. The van der Waals surface area contributed by atoms with Crippen molar-refractivity contribution in [3.8, 4) is 0 Å². The number of carboxylic acid groups (broad SMARTS) is 1. The van der Waals surface area contributed by atoms with Crippen molar-refractivity contribution in [1.29, 1.82) is 0 Å². The number of rotatable bonds is 2. The summed E-state index contributed by atoms with van der Waals surface area (Å²) in [6.45, 7) is 0.349. The van der Waals surface area contributed by atoms with E-state index in [2.05, 4.69) is 21.2 Å². The molecule has 2 amide bonds. The van der Waals surface area contributed by atoms with Crippen LogP contribution in [0.1, 0.15) is 0 Å². The predicted octanol–water partition coefficient (Wildman–Crippen LogP) is 2.14.